The molecule has 0 bridgehead atoms. The van der Waals surface area contributed by atoms with Crippen molar-refractivity contribution in [1.82, 2.24) is 4.90 Å². The molecule has 0 aliphatic carbocycles. The second kappa shape index (κ2) is 7.66. The third-order valence-electron chi connectivity index (χ3n) is 2.67. The van der Waals surface area contributed by atoms with Crippen LogP contribution in [0.2, 0.25) is 0 Å². The molecule has 0 aromatic carbocycles. The monoisotopic (exact) mass is 228 g/mol. The first-order chi connectivity index (χ1) is 7.42. The lowest BCUT2D eigenvalue weighted by atomic mass is 9.95. The average molecular weight is 228 g/mol. The Hall–Kier alpha value is -0.570. The first kappa shape index (κ1) is 15.4. The molecule has 0 aliphatic heterocycles. The maximum absolute atomic E-state index is 12.2. The quantitative estimate of drug-likeness (QED) is 0.725. The standard InChI is InChI=1S/C13H28N2O/c1-6-15(9-11(4)5)13(16)12(8-14)7-10(2)3/h10-12H,6-9,14H2,1-5H3. The Balaban J connectivity index is 4.44. The summed E-state index contributed by atoms with van der Waals surface area (Å²) in [4.78, 5) is 14.2. The van der Waals surface area contributed by atoms with E-state index in [1.54, 1.807) is 0 Å². The van der Waals surface area contributed by atoms with Crippen LogP contribution in [0.3, 0.4) is 0 Å². The van der Waals surface area contributed by atoms with Crippen LogP contribution in [-0.2, 0) is 4.79 Å². The Labute approximate surface area is 100 Å². The van der Waals surface area contributed by atoms with E-state index in [-0.39, 0.29) is 11.8 Å². The van der Waals surface area contributed by atoms with Crippen LogP contribution < -0.4 is 5.73 Å². The van der Waals surface area contributed by atoms with Gasteiger partial charge in [-0.2, -0.15) is 0 Å². The van der Waals surface area contributed by atoms with Crippen LogP contribution >= 0.6 is 0 Å². The third-order valence-corrected chi connectivity index (χ3v) is 2.67. The van der Waals surface area contributed by atoms with Crippen molar-refractivity contribution in [3.05, 3.63) is 0 Å². The van der Waals surface area contributed by atoms with Gasteiger partial charge in [0.1, 0.15) is 0 Å². The predicted molar refractivity (Wildman–Crippen MR) is 69.1 cm³/mol. The highest BCUT2D eigenvalue weighted by Gasteiger charge is 2.23. The highest BCUT2D eigenvalue weighted by molar-refractivity contribution is 5.79. The van der Waals surface area contributed by atoms with Crippen LogP contribution in [0.5, 0.6) is 0 Å². The van der Waals surface area contributed by atoms with Gasteiger partial charge >= 0.3 is 0 Å². The summed E-state index contributed by atoms with van der Waals surface area (Å²) in [6.07, 6.45) is 0.893. The second-order valence-electron chi connectivity index (χ2n) is 5.33. The molecule has 1 atom stereocenters. The third kappa shape index (κ3) is 5.50. The van der Waals surface area contributed by atoms with Crippen LogP contribution in [0.25, 0.3) is 0 Å². The van der Waals surface area contributed by atoms with Crippen molar-refractivity contribution in [2.75, 3.05) is 19.6 Å². The van der Waals surface area contributed by atoms with Crippen molar-refractivity contribution in [2.24, 2.45) is 23.5 Å². The first-order valence-corrected chi connectivity index (χ1v) is 6.41. The average Bonchev–Trinajstić information content (AvgIpc) is 2.20. The summed E-state index contributed by atoms with van der Waals surface area (Å²) in [6.45, 7) is 12.7. The molecule has 0 fully saturated rings. The van der Waals surface area contributed by atoms with Crippen molar-refractivity contribution in [3.63, 3.8) is 0 Å². The second-order valence-corrected chi connectivity index (χ2v) is 5.33. The number of hydrogen-bond donors (Lipinski definition) is 1. The first-order valence-electron chi connectivity index (χ1n) is 6.41. The Bertz CT molecular complexity index is 182. The van der Waals surface area contributed by atoms with Crippen molar-refractivity contribution in [3.8, 4) is 0 Å². The zero-order chi connectivity index (χ0) is 12.7. The summed E-state index contributed by atoms with van der Waals surface area (Å²) in [5.41, 5.74) is 5.70. The Kier molecular flexibility index (Phi) is 7.39. The van der Waals surface area contributed by atoms with Crippen molar-refractivity contribution in [1.29, 1.82) is 0 Å². The largest absolute Gasteiger partial charge is 0.342 e. The van der Waals surface area contributed by atoms with Crippen molar-refractivity contribution in [2.45, 2.75) is 41.0 Å². The Morgan fingerprint density at radius 1 is 1.19 bits per heavy atom. The smallest absolute Gasteiger partial charge is 0.226 e. The lowest BCUT2D eigenvalue weighted by Gasteiger charge is -2.28. The van der Waals surface area contributed by atoms with Gasteiger partial charge in [-0.05, 0) is 25.2 Å². The van der Waals surface area contributed by atoms with Crippen molar-refractivity contribution < 1.29 is 4.79 Å². The summed E-state index contributed by atoms with van der Waals surface area (Å²) < 4.78 is 0. The highest BCUT2D eigenvalue weighted by Crippen LogP contribution is 2.14. The number of carbonyl (C=O) groups is 1. The van der Waals surface area contributed by atoms with Gasteiger partial charge in [0.15, 0.2) is 0 Å². The molecule has 96 valence electrons. The highest BCUT2D eigenvalue weighted by atomic mass is 16.2. The minimum absolute atomic E-state index is 0.00120. The van der Waals surface area contributed by atoms with Gasteiger partial charge in [0, 0.05) is 19.6 Å². The van der Waals surface area contributed by atoms with E-state index in [9.17, 15) is 4.79 Å². The molecule has 0 saturated carbocycles. The van der Waals surface area contributed by atoms with Gasteiger partial charge in [0.05, 0.1) is 5.92 Å². The number of carbonyl (C=O) groups excluding carboxylic acids is 1. The lowest BCUT2D eigenvalue weighted by Crippen LogP contribution is -2.41. The molecular weight excluding hydrogens is 200 g/mol. The zero-order valence-corrected chi connectivity index (χ0v) is 11.5. The summed E-state index contributed by atoms with van der Waals surface area (Å²) in [5.74, 6) is 1.27. The normalized spacial score (nSPS) is 13.2. The van der Waals surface area contributed by atoms with Gasteiger partial charge in [-0.15, -0.1) is 0 Å². The molecule has 0 saturated heterocycles. The topological polar surface area (TPSA) is 46.3 Å². The van der Waals surface area contributed by atoms with E-state index in [4.69, 9.17) is 5.73 Å². The number of nitrogens with zero attached hydrogens (tertiary/aromatic N) is 1. The summed E-state index contributed by atoms with van der Waals surface area (Å²) in [7, 11) is 0. The van der Waals surface area contributed by atoms with E-state index in [1.165, 1.54) is 0 Å². The molecule has 0 spiro atoms. The van der Waals surface area contributed by atoms with Crippen molar-refractivity contribution >= 4 is 5.91 Å². The Morgan fingerprint density at radius 2 is 1.75 bits per heavy atom. The molecule has 1 amide bonds. The lowest BCUT2D eigenvalue weighted by molar-refractivity contribution is -0.136. The van der Waals surface area contributed by atoms with Crippen LogP contribution in [-0.4, -0.2) is 30.4 Å². The Morgan fingerprint density at radius 3 is 2.06 bits per heavy atom. The van der Waals surface area contributed by atoms with E-state index in [1.807, 2.05) is 11.8 Å². The van der Waals surface area contributed by atoms with E-state index in [0.29, 0.717) is 18.4 Å². The fourth-order valence-electron chi connectivity index (χ4n) is 1.94. The molecule has 16 heavy (non-hydrogen) atoms. The maximum atomic E-state index is 12.2. The van der Waals surface area contributed by atoms with Crippen LogP contribution in [0, 0.1) is 17.8 Å². The molecule has 2 N–H and O–H groups in total. The molecule has 0 aliphatic rings. The fraction of sp³-hybridized carbons (Fsp3) is 0.923. The number of nitrogens with two attached hydrogens (primary N) is 1. The summed E-state index contributed by atoms with van der Waals surface area (Å²) >= 11 is 0. The zero-order valence-electron chi connectivity index (χ0n) is 11.5. The van der Waals surface area contributed by atoms with Crippen LogP contribution in [0.15, 0.2) is 0 Å². The maximum Gasteiger partial charge on any atom is 0.226 e. The molecule has 0 radical (unpaired) electrons. The van der Waals surface area contributed by atoms with E-state index in [0.717, 1.165) is 19.5 Å². The molecule has 0 heterocycles. The predicted octanol–water partition coefficient (Wildman–Crippen LogP) is 2.11. The van der Waals surface area contributed by atoms with Gasteiger partial charge in [0.2, 0.25) is 5.91 Å². The SMILES string of the molecule is CCN(CC(C)C)C(=O)C(CN)CC(C)C. The fourth-order valence-corrected chi connectivity index (χ4v) is 1.94. The van der Waals surface area contributed by atoms with Crippen LogP contribution in [0.4, 0.5) is 0 Å². The number of rotatable bonds is 7. The van der Waals surface area contributed by atoms with E-state index >= 15 is 0 Å². The molecule has 3 heteroatoms. The number of amides is 1. The minimum Gasteiger partial charge on any atom is -0.342 e. The molecule has 0 rings (SSSR count). The summed E-state index contributed by atoms with van der Waals surface area (Å²) in [5, 5.41) is 0. The van der Waals surface area contributed by atoms with E-state index in [2.05, 4.69) is 27.7 Å². The van der Waals surface area contributed by atoms with Gasteiger partial charge in [-0.25, -0.2) is 0 Å². The van der Waals surface area contributed by atoms with Crippen LogP contribution in [0.1, 0.15) is 41.0 Å². The van der Waals surface area contributed by atoms with Gasteiger partial charge in [-0.3, -0.25) is 4.79 Å². The molecular formula is C13H28N2O. The minimum atomic E-state index is -0.00120. The summed E-state index contributed by atoms with van der Waals surface area (Å²) in [6, 6.07) is 0. The van der Waals surface area contributed by atoms with E-state index < -0.39 is 0 Å². The van der Waals surface area contributed by atoms with Gasteiger partial charge in [0.25, 0.3) is 0 Å². The van der Waals surface area contributed by atoms with Gasteiger partial charge in [-0.1, -0.05) is 27.7 Å². The molecule has 3 nitrogen and oxygen atoms in total. The molecule has 1 unspecified atom stereocenters. The number of hydrogen-bond acceptors (Lipinski definition) is 2. The van der Waals surface area contributed by atoms with Gasteiger partial charge < -0.3 is 10.6 Å². The molecule has 0 aromatic heterocycles. The molecule has 0 aromatic rings.